The van der Waals surface area contributed by atoms with Gasteiger partial charge in [-0.25, -0.2) is 8.42 Å². The highest BCUT2D eigenvalue weighted by Crippen LogP contribution is 2.28. The molecule has 1 aromatic heterocycles. The quantitative estimate of drug-likeness (QED) is 0.767. The normalized spacial score (nSPS) is 19.6. The van der Waals surface area contributed by atoms with Crippen molar-refractivity contribution < 1.29 is 17.9 Å². The first-order valence-corrected chi connectivity index (χ1v) is 10.3. The average Bonchev–Trinajstić information content (AvgIpc) is 3.08. The number of piperidine rings is 1. The number of carbonyl (C=O) groups is 1. The highest BCUT2D eigenvalue weighted by Gasteiger charge is 2.33. The summed E-state index contributed by atoms with van der Waals surface area (Å²) in [7, 11) is -3.42. The van der Waals surface area contributed by atoms with E-state index in [9.17, 15) is 13.2 Å². The van der Waals surface area contributed by atoms with Crippen LogP contribution in [0.1, 0.15) is 32.6 Å². The third-order valence-electron chi connectivity index (χ3n) is 3.87. The predicted octanol–water partition coefficient (Wildman–Crippen LogP) is 1.83. The molecule has 0 aromatic carbocycles. The zero-order valence-corrected chi connectivity index (χ0v) is 15.0. The second-order valence-electron chi connectivity index (χ2n) is 5.47. The molecule has 1 aliphatic rings. The predicted molar refractivity (Wildman–Crippen MR) is 90.0 cm³/mol. The summed E-state index contributed by atoms with van der Waals surface area (Å²) < 4.78 is 32.5. The number of rotatable bonds is 8. The van der Waals surface area contributed by atoms with Gasteiger partial charge in [-0.05, 0) is 37.6 Å². The van der Waals surface area contributed by atoms with Crippen molar-refractivity contribution in [3.05, 3.63) is 17.5 Å². The fourth-order valence-corrected chi connectivity index (χ4v) is 5.57. The summed E-state index contributed by atoms with van der Waals surface area (Å²) in [6.07, 6.45) is 3.38. The molecule has 2 rings (SSSR count). The topological polar surface area (TPSA) is 75.7 Å². The Bertz CT molecular complexity index is 587. The van der Waals surface area contributed by atoms with Crippen LogP contribution in [0.2, 0.25) is 0 Å². The summed E-state index contributed by atoms with van der Waals surface area (Å²) >= 11 is 1.25. The van der Waals surface area contributed by atoms with E-state index in [1.807, 2.05) is 6.92 Å². The largest absolute Gasteiger partial charge is 0.372 e. The number of hydrogen-bond donors (Lipinski definition) is 1. The van der Waals surface area contributed by atoms with Gasteiger partial charge in [0.15, 0.2) is 0 Å². The Kier molecular flexibility index (Phi) is 7.01. The van der Waals surface area contributed by atoms with Crippen LogP contribution in [-0.4, -0.2) is 51.0 Å². The number of sulfonamides is 1. The monoisotopic (exact) mass is 360 g/mol. The second kappa shape index (κ2) is 8.77. The molecule has 23 heavy (non-hydrogen) atoms. The van der Waals surface area contributed by atoms with Crippen molar-refractivity contribution >= 4 is 27.3 Å². The zero-order valence-electron chi connectivity index (χ0n) is 13.4. The van der Waals surface area contributed by atoms with Gasteiger partial charge in [0, 0.05) is 25.7 Å². The summed E-state index contributed by atoms with van der Waals surface area (Å²) in [5.74, 6) is -0.157. The average molecular weight is 361 g/mol. The van der Waals surface area contributed by atoms with Crippen LogP contribution in [0.15, 0.2) is 21.7 Å². The van der Waals surface area contributed by atoms with Gasteiger partial charge in [0.25, 0.3) is 10.0 Å². The Balaban J connectivity index is 1.93. The molecule has 1 saturated heterocycles. The molecule has 1 unspecified atom stereocenters. The molecule has 6 nitrogen and oxygen atoms in total. The zero-order chi connectivity index (χ0) is 16.7. The van der Waals surface area contributed by atoms with Crippen LogP contribution < -0.4 is 5.32 Å². The fourth-order valence-electron chi connectivity index (χ4n) is 2.73. The molecule has 0 spiro atoms. The minimum atomic E-state index is -3.42. The van der Waals surface area contributed by atoms with Crippen molar-refractivity contribution in [2.24, 2.45) is 0 Å². The first-order chi connectivity index (χ1) is 11.1. The van der Waals surface area contributed by atoms with Crippen LogP contribution >= 0.6 is 11.3 Å². The van der Waals surface area contributed by atoms with Gasteiger partial charge in [-0.3, -0.25) is 4.79 Å². The lowest BCUT2D eigenvalue weighted by Crippen LogP contribution is -2.45. The summed E-state index contributed by atoms with van der Waals surface area (Å²) in [4.78, 5) is 11.5. The molecule has 1 N–H and O–H groups in total. The van der Waals surface area contributed by atoms with Crippen LogP contribution in [-0.2, 0) is 19.6 Å². The van der Waals surface area contributed by atoms with E-state index in [2.05, 4.69) is 5.32 Å². The van der Waals surface area contributed by atoms with E-state index < -0.39 is 10.0 Å². The fraction of sp³-hybridized carbons (Fsp3) is 0.667. The van der Waals surface area contributed by atoms with Gasteiger partial charge >= 0.3 is 0 Å². The standard InChI is InChI=1S/C15H24N2O4S2/c1-2-21-12-14(18)16-9-8-13-6-3-4-10-17(13)23(19,20)15-7-5-11-22-15/h5,7,11,13H,2-4,6,8-10,12H2,1H3,(H,16,18). The number of nitrogens with one attached hydrogen (secondary N) is 1. The lowest BCUT2D eigenvalue weighted by Gasteiger charge is -2.34. The van der Waals surface area contributed by atoms with Gasteiger partial charge in [-0.15, -0.1) is 11.3 Å². The Morgan fingerprint density at radius 2 is 2.30 bits per heavy atom. The smallest absolute Gasteiger partial charge is 0.252 e. The maximum absolute atomic E-state index is 12.7. The summed E-state index contributed by atoms with van der Waals surface area (Å²) in [5.41, 5.74) is 0. The molecule has 1 amide bonds. The highest BCUT2D eigenvalue weighted by molar-refractivity contribution is 7.91. The van der Waals surface area contributed by atoms with Crippen molar-refractivity contribution in [2.45, 2.75) is 42.9 Å². The molecule has 130 valence electrons. The third-order valence-corrected chi connectivity index (χ3v) is 7.19. The molecule has 0 aliphatic carbocycles. The Morgan fingerprint density at radius 1 is 1.48 bits per heavy atom. The molecule has 8 heteroatoms. The van der Waals surface area contributed by atoms with Crippen molar-refractivity contribution in [3.8, 4) is 0 Å². The summed E-state index contributed by atoms with van der Waals surface area (Å²) in [6, 6.07) is 3.35. The second-order valence-corrected chi connectivity index (χ2v) is 8.54. The number of nitrogens with zero attached hydrogens (tertiary/aromatic N) is 1. The molecule has 0 radical (unpaired) electrons. The van der Waals surface area contributed by atoms with Gasteiger partial charge in [0.1, 0.15) is 10.8 Å². The van der Waals surface area contributed by atoms with E-state index in [0.29, 0.717) is 30.3 Å². The Morgan fingerprint density at radius 3 is 3.00 bits per heavy atom. The molecule has 1 fully saturated rings. The molecule has 1 atom stereocenters. The minimum Gasteiger partial charge on any atom is -0.372 e. The van der Waals surface area contributed by atoms with Gasteiger partial charge < -0.3 is 10.1 Å². The van der Waals surface area contributed by atoms with Gasteiger partial charge in [0.05, 0.1) is 0 Å². The van der Waals surface area contributed by atoms with Crippen LogP contribution in [0.3, 0.4) is 0 Å². The van der Waals surface area contributed by atoms with Crippen molar-refractivity contribution in [1.29, 1.82) is 0 Å². The first-order valence-electron chi connectivity index (χ1n) is 7.95. The minimum absolute atomic E-state index is 0.0526. The van der Waals surface area contributed by atoms with E-state index in [0.717, 1.165) is 19.3 Å². The van der Waals surface area contributed by atoms with Crippen molar-refractivity contribution in [2.75, 3.05) is 26.3 Å². The maximum atomic E-state index is 12.7. The molecule has 1 aliphatic heterocycles. The molecule has 0 bridgehead atoms. The maximum Gasteiger partial charge on any atom is 0.252 e. The van der Waals surface area contributed by atoms with Gasteiger partial charge in [-0.2, -0.15) is 4.31 Å². The number of hydrogen-bond acceptors (Lipinski definition) is 5. The Hall–Kier alpha value is -0.960. The van der Waals surface area contributed by atoms with E-state index in [4.69, 9.17) is 4.74 Å². The first kappa shape index (κ1) is 18.4. The Labute approximate surface area is 141 Å². The van der Waals surface area contributed by atoms with E-state index in [1.165, 1.54) is 11.3 Å². The number of carbonyl (C=O) groups excluding carboxylic acids is 1. The third kappa shape index (κ3) is 5.00. The molecule has 0 saturated carbocycles. The molecule has 1 aromatic rings. The molecule has 2 heterocycles. The number of amides is 1. The molecular formula is C15H24N2O4S2. The summed E-state index contributed by atoms with van der Waals surface area (Å²) in [6.45, 7) is 3.41. The van der Waals surface area contributed by atoms with Crippen LogP contribution in [0, 0.1) is 0 Å². The SMILES string of the molecule is CCOCC(=O)NCCC1CCCCN1S(=O)(=O)c1cccs1. The van der Waals surface area contributed by atoms with Crippen molar-refractivity contribution in [1.82, 2.24) is 9.62 Å². The number of ether oxygens (including phenoxy) is 1. The van der Waals surface area contributed by atoms with E-state index in [-0.39, 0.29) is 18.6 Å². The summed E-state index contributed by atoms with van der Waals surface area (Å²) in [5, 5.41) is 4.57. The van der Waals surface area contributed by atoms with Gasteiger partial charge in [-0.1, -0.05) is 12.5 Å². The van der Waals surface area contributed by atoms with Crippen molar-refractivity contribution in [3.63, 3.8) is 0 Å². The van der Waals surface area contributed by atoms with E-state index in [1.54, 1.807) is 21.8 Å². The number of thiophene rings is 1. The highest BCUT2D eigenvalue weighted by atomic mass is 32.2. The van der Waals surface area contributed by atoms with E-state index >= 15 is 0 Å². The lowest BCUT2D eigenvalue weighted by atomic mass is 10.0. The lowest BCUT2D eigenvalue weighted by molar-refractivity contribution is -0.125. The van der Waals surface area contributed by atoms with Crippen LogP contribution in [0.4, 0.5) is 0 Å². The molecular weight excluding hydrogens is 336 g/mol. The van der Waals surface area contributed by atoms with Crippen LogP contribution in [0.5, 0.6) is 0 Å². The van der Waals surface area contributed by atoms with Crippen LogP contribution in [0.25, 0.3) is 0 Å². The van der Waals surface area contributed by atoms with Gasteiger partial charge in [0.2, 0.25) is 5.91 Å².